The van der Waals surface area contributed by atoms with Crippen LogP contribution < -0.4 is 10.6 Å². The second-order valence-corrected chi connectivity index (χ2v) is 5.71. The minimum Gasteiger partial charge on any atom is -0.460 e. The molecule has 5 heteroatoms. The van der Waals surface area contributed by atoms with Crippen LogP contribution in [0.2, 0.25) is 0 Å². The first-order valence-corrected chi connectivity index (χ1v) is 7.55. The smallest absolute Gasteiger partial charge is 0.270 e. The summed E-state index contributed by atoms with van der Waals surface area (Å²) in [6.45, 7) is 5.92. The second kappa shape index (κ2) is 5.85. The maximum atomic E-state index is 12.4. The molecule has 3 rings (SSSR count). The van der Waals surface area contributed by atoms with E-state index < -0.39 is 0 Å². The Morgan fingerprint density at radius 3 is 3.19 bits per heavy atom. The number of carbonyl (C=O) groups excluding carboxylic acids is 1. The lowest BCUT2D eigenvalue weighted by atomic mass is 9.90. The van der Waals surface area contributed by atoms with Gasteiger partial charge in [0.25, 0.3) is 5.91 Å². The summed E-state index contributed by atoms with van der Waals surface area (Å²) < 4.78 is 5.48. The number of aromatic nitrogens is 1. The fourth-order valence-corrected chi connectivity index (χ4v) is 3.02. The molecular formula is C16H21N3O2. The van der Waals surface area contributed by atoms with Crippen LogP contribution in [0.1, 0.15) is 36.0 Å². The Kier molecular flexibility index (Phi) is 3.92. The van der Waals surface area contributed by atoms with Crippen molar-refractivity contribution in [3.05, 3.63) is 29.8 Å². The summed E-state index contributed by atoms with van der Waals surface area (Å²) in [4.78, 5) is 16.6. The van der Waals surface area contributed by atoms with E-state index in [1.54, 1.807) is 12.3 Å². The normalized spacial score (nSPS) is 22.4. The van der Waals surface area contributed by atoms with Gasteiger partial charge in [-0.15, -0.1) is 0 Å². The fourth-order valence-electron chi connectivity index (χ4n) is 3.02. The molecule has 1 fully saturated rings. The number of nitrogens with zero attached hydrogens (tertiary/aromatic N) is 1. The number of nitrogens with one attached hydrogen (secondary N) is 2. The minimum absolute atomic E-state index is 0.108. The van der Waals surface area contributed by atoms with E-state index in [2.05, 4.69) is 22.5 Å². The highest BCUT2D eigenvalue weighted by atomic mass is 16.3. The Bertz CT molecular complexity index is 650. The van der Waals surface area contributed by atoms with Gasteiger partial charge < -0.3 is 15.1 Å². The van der Waals surface area contributed by atoms with Crippen LogP contribution in [0.15, 0.2) is 22.7 Å². The molecule has 2 aromatic heterocycles. The molecule has 1 aliphatic rings. The van der Waals surface area contributed by atoms with Crippen LogP contribution in [0, 0.1) is 12.8 Å². The van der Waals surface area contributed by atoms with Crippen LogP contribution in [-0.2, 0) is 0 Å². The maximum Gasteiger partial charge on any atom is 0.270 e. The second-order valence-electron chi connectivity index (χ2n) is 5.71. The molecule has 3 heterocycles. The molecule has 2 N–H and O–H groups in total. The first kappa shape index (κ1) is 14.1. The van der Waals surface area contributed by atoms with Gasteiger partial charge in [-0.1, -0.05) is 13.3 Å². The molecular weight excluding hydrogens is 266 g/mol. The number of rotatable bonds is 3. The molecule has 21 heavy (non-hydrogen) atoms. The molecule has 2 atom stereocenters. The third kappa shape index (κ3) is 2.93. The van der Waals surface area contributed by atoms with Gasteiger partial charge in [-0.2, -0.15) is 0 Å². The Balaban J connectivity index is 1.76. The highest BCUT2D eigenvalue weighted by Crippen LogP contribution is 2.20. The third-order valence-corrected chi connectivity index (χ3v) is 4.23. The number of hydrogen-bond donors (Lipinski definition) is 2. The Labute approximate surface area is 124 Å². The van der Waals surface area contributed by atoms with Crippen molar-refractivity contribution in [3.8, 4) is 0 Å². The number of fused-ring (bicyclic) bond motifs is 1. The zero-order valence-electron chi connectivity index (χ0n) is 12.5. The molecule has 2 aromatic rings. The molecule has 0 aliphatic carbocycles. The van der Waals surface area contributed by atoms with Gasteiger partial charge in [-0.25, -0.2) is 4.98 Å². The van der Waals surface area contributed by atoms with Crippen molar-refractivity contribution >= 4 is 16.9 Å². The first-order chi connectivity index (χ1) is 10.2. The summed E-state index contributed by atoms with van der Waals surface area (Å²) in [7, 11) is 0. The van der Waals surface area contributed by atoms with Crippen molar-refractivity contribution in [2.45, 2.75) is 32.7 Å². The van der Waals surface area contributed by atoms with Crippen LogP contribution in [0.3, 0.4) is 0 Å². The van der Waals surface area contributed by atoms with Gasteiger partial charge in [-0.3, -0.25) is 4.79 Å². The number of piperidine rings is 1. The zero-order valence-corrected chi connectivity index (χ0v) is 12.5. The summed E-state index contributed by atoms with van der Waals surface area (Å²) in [5.41, 5.74) is 1.17. The van der Waals surface area contributed by atoms with Crippen molar-refractivity contribution in [1.29, 1.82) is 0 Å². The molecule has 1 saturated heterocycles. The molecule has 0 saturated carbocycles. The molecule has 112 valence electrons. The van der Waals surface area contributed by atoms with E-state index in [4.69, 9.17) is 4.42 Å². The van der Waals surface area contributed by atoms with Crippen molar-refractivity contribution in [2.24, 2.45) is 5.92 Å². The zero-order chi connectivity index (χ0) is 14.8. The molecule has 1 amide bonds. The van der Waals surface area contributed by atoms with Gasteiger partial charge in [0.2, 0.25) is 0 Å². The lowest BCUT2D eigenvalue weighted by Crippen LogP contribution is -2.51. The minimum atomic E-state index is -0.108. The topological polar surface area (TPSA) is 67.2 Å². The van der Waals surface area contributed by atoms with E-state index in [9.17, 15) is 4.79 Å². The van der Waals surface area contributed by atoms with Gasteiger partial charge in [0.15, 0.2) is 5.58 Å². The van der Waals surface area contributed by atoms with Crippen LogP contribution in [0.4, 0.5) is 0 Å². The van der Waals surface area contributed by atoms with E-state index in [0.29, 0.717) is 11.6 Å². The molecule has 0 radical (unpaired) electrons. The molecule has 1 aliphatic heterocycles. The molecule has 1 unspecified atom stereocenters. The van der Waals surface area contributed by atoms with Gasteiger partial charge in [-0.05, 0) is 37.9 Å². The molecule has 0 spiro atoms. The van der Waals surface area contributed by atoms with Crippen molar-refractivity contribution in [1.82, 2.24) is 15.6 Å². The SMILES string of the molecule is CCC1CCNC[C@@H]1NC(=O)c1cc2cc(C)oc2cn1. The molecule has 5 nitrogen and oxygen atoms in total. The van der Waals surface area contributed by atoms with E-state index in [-0.39, 0.29) is 11.9 Å². The number of aryl methyl sites for hydroxylation is 1. The van der Waals surface area contributed by atoms with Gasteiger partial charge >= 0.3 is 0 Å². The summed E-state index contributed by atoms with van der Waals surface area (Å²) in [5.74, 6) is 1.25. The molecule has 0 aromatic carbocycles. The van der Waals surface area contributed by atoms with Crippen LogP contribution in [0.25, 0.3) is 11.0 Å². The number of amides is 1. The standard InChI is InChI=1S/C16H21N3O2/c1-3-11-4-5-17-8-14(11)19-16(20)13-7-12-6-10(2)21-15(12)9-18-13/h6-7,9,11,14,17H,3-5,8H2,1-2H3,(H,19,20)/t11?,14-/m0/s1. The summed E-state index contributed by atoms with van der Waals surface area (Å²) in [5, 5.41) is 7.37. The predicted molar refractivity (Wildman–Crippen MR) is 81.3 cm³/mol. The van der Waals surface area contributed by atoms with Gasteiger partial charge in [0.1, 0.15) is 11.5 Å². The number of carbonyl (C=O) groups is 1. The van der Waals surface area contributed by atoms with Crippen LogP contribution >= 0.6 is 0 Å². The summed E-state index contributed by atoms with van der Waals surface area (Å²) in [6, 6.07) is 3.89. The van der Waals surface area contributed by atoms with Gasteiger partial charge in [0.05, 0.1) is 6.20 Å². The quantitative estimate of drug-likeness (QED) is 0.908. The van der Waals surface area contributed by atoms with E-state index in [1.165, 1.54) is 0 Å². The highest BCUT2D eigenvalue weighted by Gasteiger charge is 2.25. The average Bonchev–Trinajstić information content (AvgIpc) is 2.86. The van der Waals surface area contributed by atoms with Crippen LogP contribution in [0.5, 0.6) is 0 Å². The summed E-state index contributed by atoms with van der Waals surface area (Å²) in [6.07, 6.45) is 3.81. The van der Waals surface area contributed by atoms with E-state index >= 15 is 0 Å². The van der Waals surface area contributed by atoms with Crippen molar-refractivity contribution < 1.29 is 9.21 Å². The predicted octanol–water partition coefficient (Wildman–Crippen LogP) is 2.25. The Morgan fingerprint density at radius 1 is 1.52 bits per heavy atom. The van der Waals surface area contributed by atoms with Crippen molar-refractivity contribution in [2.75, 3.05) is 13.1 Å². The lowest BCUT2D eigenvalue weighted by molar-refractivity contribution is 0.0905. The van der Waals surface area contributed by atoms with Gasteiger partial charge in [0, 0.05) is 18.0 Å². The fraction of sp³-hybridized carbons (Fsp3) is 0.500. The Hall–Kier alpha value is -1.88. The number of furan rings is 1. The number of hydrogen-bond acceptors (Lipinski definition) is 4. The Morgan fingerprint density at radius 2 is 2.38 bits per heavy atom. The lowest BCUT2D eigenvalue weighted by Gasteiger charge is -2.32. The van der Waals surface area contributed by atoms with Crippen LogP contribution in [-0.4, -0.2) is 30.0 Å². The third-order valence-electron chi connectivity index (χ3n) is 4.23. The van der Waals surface area contributed by atoms with E-state index in [1.807, 2.05) is 13.0 Å². The average molecular weight is 287 g/mol. The monoisotopic (exact) mass is 287 g/mol. The largest absolute Gasteiger partial charge is 0.460 e. The maximum absolute atomic E-state index is 12.4. The summed E-state index contributed by atoms with van der Waals surface area (Å²) >= 11 is 0. The van der Waals surface area contributed by atoms with Crippen molar-refractivity contribution in [3.63, 3.8) is 0 Å². The highest BCUT2D eigenvalue weighted by molar-refractivity contribution is 5.95. The van der Waals surface area contributed by atoms with E-state index in [0.717, 1.165) is 42.7 Å². The first-order valence-electron chi connectivity index (χ1n) is 7.55. The number of pyridine rings is 1. The molecule has 0 bridgehead atoms.